The van der Waals surface area contributed by atoms with Crippen LogP contribution in [-0.4, -0.2) is 188 Å². The molecule has 10 atom stereocenters. The molecule has 0 aliphatic heterocycles. The average molecular weight is 1330 g/mol. The molecule has 0 aliphatic carbocycles. The molecule has 22 N–H and O–H groups in total. The maximum Gasteiger partial charge on any atom is 0.326 e. The van der Waals surface area contributed by atoms with E-state index in [0.717, 1.165) is 0 Å². The van der Waals surface area contributed by atoms with Gasteiger partial charge < -0.3 is 101 Å². The van der Waals surface area contributed by atoms with E-state index in [4.69, 9.17) is 22.3 Å². The molecular formula is C62H87N13O20. The van der Waals surface area contributed by atoms with Crippen LogP contribution in [0.4, 0.5) is 0 Å². The summed E-state index contributed by atoms with van der Waals surface area (Å²) >= 11 is 0. The smallest absolute Gasteiger partial charge is 0.326 e. The highest BCUT2D eigenvalue weighted by atomic mass is 16.4. The van der Waals surface area contributed by atoms with Gasteiger partial charge in [-0.3, -0.25) is 62.3 Å². The summed E-state index contributed by atoms with van der Waals surface area (Å²) in [6.45, 7) is 4.75. The van der Waals surface area contributed by atoms with Crippen molar-refractivity contribution in [1.29, 1.82) is 0 Å². The molecule has 3 aromatic rings. The Morgan fingerprint density at radius 2 is 0.821 bits per heavy atom. The maximum atomic E-state index is 14.3. The molecule has 3 rings (SSSR count). The molecule has 0 spiro atoms. The number of nitrogens with two attached hydrogens (primary N) is 3. The Kier molecular flexibility index (Phi) is 33.0. The molecule has 0 bridgehead atoms. The number of carboxylic acids is 3. The van der Waals surface area contributed by atoms with Crippen molar-refractivity contribution in [3.05, 3.63) is 89.5 Å². The van der Waals surface area contributed by atoms with Gasteiger partial charge in [0.2, 0.25) is 65.0 Å². The Morgan fingerprint density at radius 3 is 1.28 bits per heavy atom. The topological polar surface area (TPSA) is 559 Å². The lowest BCUT2D eigenvalue weighted by molar-refractivity contribution is -0.144. The van der Waals surface area contributed by atoms with Crippen molar-refractivity contribution in [3.8, 4) is 17.2 Å². The number of amides is 11. The average Bonchev–Trinajstić information content (AvgIpc) is 0.958. The second-order valence-electron chi connectivity index (χ2n) is 22.9. The van der Waals surface area contributed by atoms with Crippen LogP contribution in [0, 0.1) is 11.8 Å². The molecule has 0 aliphatic rings. The van der Waals surface area contributed by atoms with Crippen molar-refractivity contribution in [2.75, 3.05) is 19.6 Å². The fraction of sp³-hybridized carbons (Fsp3) is 0.484. The first-order valence-electron chi connectivity index (χ1n) is 30.5. The SMILES string of the molecule is CC[C@H](C)[C@H](NC(=O)CNC(=O)[C@H](Cc1ccc(O)cc1)NC(=O)[C@@H](NC(=O)[C@H](CC(N)=O)NC(=O)[C@H](Cc1ccc(O)cc1)NC(=O)CNC(=O)[C@H](CCC(=O)O)NC(=O)[C@H](CCCCN)NC(=O)[C@@H](N)Cc1ccc(O)cc1)C(C)C)C(=O)N[C@@H](CCC(=O)O)C(=O)O. The van der Waals surface area contributed by atoms with E-state index < -0.39 is 194 Å². The molecule has 3 aromatic carbocycles. The van der Waals surface area contributed by atoms with Crippen LogP contribution in [0.15, 0.2) is 72.8 Å². The number of primary amides is 1. The van der Waals surface area contributed by atoms with Gasteiger partial charge in [0.1, 0.15) is 65.6 Å². The largest absolute Gasteiger partial charge is 0.508 e. The fourth-order valence-corrected chi connectivity index (χ4v) is 9.25. The van der Waals surface area contributed by atoms with Gasteiger partial charge in [-0.2, -0.15) is 0 Å². The summed E-state index contributed by atoms with van der Waals surface area (Å²) in [5.41, 5.74) is 18.6. The number of unbranched alkanes of at least 4 members (excludes halogenated alkanes) is 1. The first-order valence-corrected chi connectivity index (χ1v) is 30.5. The van der Waals surface area contributed by atoms with Gasteiger partial charge in [-0.05, 0) is 110 Å². The third-order valence-corrected chi connectivity index (χ3v) is 14.8. The summed E-state index contributed by atoms with van der Waals surface area (Å²) in [6.07, 6.45) is -2.69. The van der Waals surface area contributed by atoms with Crippen LogP contribution in [0.2, 0.25) is 0 Å². The summed E-state index contributed by atoms with van der Waals surface area (Å²) in [4.78, 5) is 185. The Hall–Kier alpha value is -10.4. The predicted molar refractivity (Wildman–Crippen MR) is 337 cm³/mol. The zero-order valence-electron chi connectivity index (χ0n) is 53.0. The summed E-state index contributed by atoms with van der Waals surface area (Å²) in [6, 6.07) is 2.94. The van der Waals surface area contributed by atoms with Crippen molar-refractivity contribution in [3.63, 3.8) is 0 Å². The first-order chi connectivity index (χ1) is 44.8. The number of hydrogen-bond donors (Lipinski definition) is 19. The first kappa shape index (κ1) is 78.8. The highest BCUT2D eigenvalue weighted by Crippen LogP contribution is 2.17. The number of carbonyl (C=O) groups is 14. The molecule has 0 saturated heterocycles. The lowest BCUT2D eigenvalue weighted by Crippen LogP contribution is -2.61. The number of aromatic hydroxyl groups is 3. The molecule has 0 saturated carbocycles. The molecule has 0 aromatic heterocycles. The van der Waals surface area contributed by atoms with Crippen LogP contribution in [0.1, 0.15) is 102 Å². The Bertz CT molecular complexity index is 3150. The van der Waals surface area contributed by atoms with E-state index in [-0.39, 0.29) is 49.5 Å². The molecule has 95 heavy (non-hydrogen) atoms. The van der Waals surface area contributed by atoms with E-state index >= 15 is 0 Å². The molecule has 11 amide bonds. The van der Waals surface area contributed by atoms with Gasteiger partial charge >= 0.3 is 17.9 Å². The highest BCUT2D eigenvalue weighted by Gasteiger charge is 2.36. The molecule has 0 fully saturated rings. The summed E-state index contributed by atoms with van der Waals surface area (Å²) < 4.78 is 0. The van der Waals surface area contributed by atoms with Crippen molar-refractivity contribution in [2.45, 2.75) is 159 Å². The third-order valence-electron chi connectivity index (χ3n) is 14.8. The zero-order valence-corrected chi connectivity index (χ0v) is 53.0. The minimum Gasteiger partial charge on any atom is -0.508 e. The number of benzene rings is 3. The standard InChI is InChI=1S/C62H87N13O20/c1-5-33(4)53(61(93)71-43(62(94)95)22-24-51(84)85)74-49(81)31-67-56(88)44(27-35-11-17-38(77)18-12-35)73-60(92)52(32(2)3)75-59(91)46(29-47(65)79)72-58(90)45(28-36-13-19-39(78)20-14-36)68-48(80)30-66-55(87)42(21-23-50(82)83)70-57(89)41(8-6-7-25-63)69-54(86)40(64)26-34-9-15-37(76)16-10-34/h9-20,32-33,40-46,52-53,76-78H,5-8,21-31,63-64H2,1-4H3,(H2,65,79)(H,66,87)(H,67,88)(H,68,80)(H,69,86)(H,70,89)(H,71,93)(H,72,90)(H,73,92)(H,74,81)(H,75,91)(H,82,83)(H,84,85)(H,94,95)/t33-,40-,41-,42-,43-,44-,45-,46-,52-,53-/m0/s1. The molecule has 0 heterocycles. The second-order valence-corrected chi connectivity index (χ2v) is 22.9. The fourth-order valence-electron chi connectivity index (χ4n) is 9.25. The monoisotopic (exact) mass is 1330 g/mol. The van der Waals surface area contributed by atoms with Crippen LogP contribution >= 0.6 is 0 Å². The van der Waals surface area contributed by atoms with Crippen molar-refractivity contribution in [2.24, 2.45) is 29.0 Å². The Labute approximate surface area is 546 Å². The minimum atomic E-state index is -1.87. The molecule has 33 nitrogen and oxygen atoms in total. The predicted octanol–water partition coefficient (Wildman–Crippen LogP) is -3.21. The van der Waals surface area contributed by atoms with Gasteiger partial charge in [0.05, 0.1) is 25.6 Å². The molecule has 0 radical (unpaired) electrons. The van der Waals surface area contributed by atoms with Crippen LogP contribution in [0.25, 0.3) is 0 Å². The summed E-state index contributed by atoms with van der Waals surface area (Å²) in [5, 5.41) is 81.8. The van der Waals surface area contributed by atoms with Gasteiger partial charge in [-0.25, -0.2) is 4.79 Å². The van der Waals surface area contributed by atoms with Gasteiger partial charge in [0.25, 0.3) is 0 Å². The van der Waals surface area contributed by atoms with E-state index in [2.05, 4.69) is 53.2 Å². The van der Waals surface area contributed by atoms with Crippen LogP contribution < -0.4 is 70.4 Å². The number of rotatable bonds is 42. The van der Waals surface area contributed by atoms with Crippen LogP contribution in [0.3, 0.4) is 0 Å². The van der Waals surface area contributed by atoms with Gasteiger partial charge in [-0.1, -0.05) is 70.5 Å². The zero-order chi connectivity index (χ0) is 71.1. The van der Waals surface area contributed by atoms with Gasteiger partial charge in [-0.15, -0.1) is 0 Å². The number of carboxylic acid groups (broad SMARTS) is 3. The summed E-state index contributed by atoms with van der Waals surface area (Å²) in [7, 11) is 0. The Balaban J connectivity index is 1.85. The molecule has 0 unspecified atom stereocenters. The molecule has 520 valence electrons. The van der Waals surface area contributed by atoms with E-state index in [9.17, 15) is 92.7 Å². The van der Waals surface area contributed by atoms with Crippen LogP contribution in [-0.2, 0) is 86.4 Å². The van der Waals surface area contributed by atoms with Gasteiger partial charge in [0, 0.05) is 25.7 Å². The lowest BCUT2D eigenvalue weighted by Gasteiger charge is -2.28. The second kappa shape index (κ2) is 39.8. The number of carbonyl (C=O) groups excluding carboxylic acids is 11. The number of phenolic OH excluding ortho intramolecular Hbond substituents is 3. The van der Waals surface area contributed by atoms with Crippen molar-refractivity contribution in [1.82, 2.24) is 53.2 Å². The van der Waals surface area contributed by atoms with E-state index in [1.807, 2.05) is 0 Å². The third kappa shape index (κ3) is 29.0. The van der Waals surface area contributed by atoms with E-state index in [1.54, 1.807) is 26.0 Å². The summed E-state index contributed by atoms with van der Waals surface area (Å²) in [5.74, 6) is -17.0. The van der Waals surface area contributed by atoms with E-state index in [1.165, 1.54) is 74.5 Å². The number of phenols is 3. The number of nitrogens with one attached hydrogen (secondary N) is 10. The molecule has 33 heteroatoms. The number of hydrogen-bond acceptors (Lipinski definition) is 19. The maximum absolute atomic E-state index is 14.3. The van der Waals surface area contributed by atoms with Gasteiger partial charge in [0.15, 0.2) is 0 Å². The normalized spacial score (nSPS) is 14.1. The highest BCUT2D eigenvalue weighted by molar-refractivity contribution is 5.99. The van der Waals surface area contributed by atoms with E-state index in [0.29, 0.717) is 36.0 Å². The van der Waals surface area contributed by atoms with Crippen molar-refractivity contribution < 1.29 is 97.8 Å². The van der Waals surface area contributed by atoms with Crippen molar-refractivity contribution >= 4 is 82.9 Å². The molecular weight excluding hydrogens is 1250 g/mol. The van der Waals surface area contributed by atoms with Crippen LogP contribution in [0.5, 0.6) is 17.2 Å². The minimum absolute atomic E-state index is 0.0123. The number of aliphatic carboxylic acids is 3. The quantitative estimate of drug-likeness (QED) is 0.0248. The lowest BCUT2D eigenvalue weighted by atomic mass is 9.97. The Morgan fingerprint density at radius 1 is 0.432 bits per heavy atom.